The van der Waals surface area contributed by atoms with Crippen LogP contribution in [-0.2, 0) is 9.59 Å². The molecule has 0 spiro atoms. The van der Waals surface area contributed by atoms with Gasteiger partial charge in [0.1, 0.15) is 24.7 Å². The van der Waals surface area contributed by atoms with Gasteiger partial charge >= 0.3 is 0 Å². The Kier molecular flexibility index (Phi) is 6.65. The highest BCUT2D eigenvalue weighted by molar-refractivity contribution is 5.95. The Labute approximate surface area is 158 Å². The number of anilines is 1. The topological polar surface area (TPSA) is 88.7 Å². The maximum Gasteiger partial charge on any atom is 0.237 e. The second kappa shape index (κ2) is 9.59. The van der Waals surface area contributed by atoms with Crippen molar-refractivity contribution in [1.82, 2.24) is 10.6 Å². The zero-order chi connectivity index (χ0) is 18.9. The first-order valence-electron chi connectivity index (χ1n) is 8.92. The number of ether oxygens (including phenoxy) is 2. The lowest BCUT2D eigenvalue weighted by Crippen LogP contribution is -2.53. The van der Waals surface area contributed by atoms with Crippen LogP contribution in [0.5, 0.6) is 11.5 Å². The molecule has 3 rings (SSSR count). The van der Waals surface area contributed by atoms with E-state index in [0.29, 0.717) is 37.7 Å². The minimum Gasteiger partial charge on any atom is -0.490 e. The quantitative estimate of drug-likeness (QED) is 0.615. The smallest absolute Gasteiger partial charge is 0.237 e. The van der Waals surface area contributed by atoms with Gasteiger partial charge in [-0.15, -0.1) is 0 Å². The number of hydrogen-bond donors (Lipinski definition) is 3. The largest absolute Gasteiger partial charge is 0.490 e. The van der Waals surface area contributed by atoms with Gasteiger partial charge < -0.3 is 25.4 Å². The van der Waals surface area contributed by atoms with Gasteiger partial charge in [0.25, 0.3) is 0 Å². The van der Waals surface area contributed by atoms with Gasteiger partial charge in [-0.2, -0.15) is 0 Å². The predicted octanol–water partition coefficient (Wildman–Crippen LogP) is 1.56. The SMILES string of the molecule is O=C(CC1NCCNC1=O)Nc1ccc(OCCOc2ccccc2)cc1. The van der Waals surface area contributed by atoms with Gasteiger partial charge in [0.15, 0.2) is 0 Å². The molecule has 2 amide bonds. The second-order valence-electron chi connectivity index (χ2n) is 6.08. The molecule has 7 nitrogen and oxygen atoms in total. The average molecular weight is 369 g/mol. The molecule has 142 valence electrons. The minimum atomic E-state index is -0.481. The molecule has 1 unspecified atom stereocenters. The van der Waals surface area contributed by atoms with Gasteiger partial charge in [0.05, 0.1) is 12.5 Å². The highest BCUT2D eigenvalue weighted by atomic mass is 16.5. The summed E-state index contributed by atoms with van der Waals surface area (Å²) < 4.78 is 11.2. The number of benzene rings is 2. The van der Waals surface area contributed by atoms with Crippen LogP contribution < -0.4 is 25.4 Å². The van der Waals surface area contributed by atoms with Gasteiger partial charge in [0, 0.05) is 18.8 Å². The third-order valence-corrected chi connectivity index (χ3v) is 4.02. The molecule has 1 fully saturated rings. The summed E-state index contributed by atoms with van der Waals surface area (Å²) in [6.07, 6.45) is 0.0981. The summed E-state index contributed by atoms with van der Waals surface area (Å²) in [5, 5.41) is 8.55. The molecule has 1 atom stereocenters. The lowest BCUT2D eigenvalue weighted by molar-refractivity contribution is -0.127. The molecule has 1 heterocycles. The highest BCUT2D eigenvalue weighted by Crippen LogP contribution is 2.16. The molecule has 0 aromatic heterocycles. The Morgan fingerprint density at radius 1 is 0.963 bits per heavy atom. The van der Waals surface area contributed by atoms with Gasteiger partial charge in [0.2, 0.25) is 11.8 Å². The molecule has 0 bridgehead atoms. The van der Waals surface area contributed by atoms with E-state index in [1.807, 2.05) is 30.3 Å². The minimum absolute atomic E-state index is 0.0981. The van der Waals surface area contributed by atoms with Crippen LogP contribution in [0.4, 0.5) is 5.69 Å². The standard InChI is InChI=1S/C20H23N3O4/c24-19(14-18-20(25)22-11-10-21-18)23-15-6-8-17(9-7-15)27-13-12-26-16-4-2-1-3-5-16/h1-9,18,21H,10-14H2,(H,22,25)(H,23,24). The Morgan fingerprint density at radius 2 is 1.63 bits per heavy atom. The Balaban J connectivity index is 1.39. The summed E-state index contributed by atoms with van der Waals surface area (Å²) in [6, 6.07) is 16.2. The van der Waals surface area contributed by atoms with Crippen molar-refractivity contribution in [3.05, 3.63) is 54.6 Å². The molecule has 2 aromatic rings. The van der Waals surface area contributed by atoms with Crippen LogP contribution in [0.1, 0.15) is 6.42 Å². The van der Waals surface area contributed by atoms with Crippen molar-refractivity contribution < 1.29 is 19.1 Å². The number of carbonyl (C=O) groups excluding carboxylic acids is 2. The number of amides is 2. The molecule has 0 radical (unpaired) electrons. The fourth-order valence-electron chi connectivity index (χ4n) is 2.68. The van der Waals surface area contributed by atoms with Crippen LogP contribution in [-0.4, -0.2) is 44.2 Å². The van der Waals surface area contributed by atoms with Crippen molar-refractivity contribution in [3.8, 4) is 11.5 Å². The van der Waals surface area contributed by atoms with Crippen molar-refractivity contribution in [1.29, 1.82) is 0 Å². The van der Waals surface area contributed by atoms with Crippen LogP contribution in [0, 0.1) is 0 Å². The fraction of sp³-hybridized carbons (Fsp3) is 0.300. The number of carbonyl (C=O) groups is 2. The van der Waals surface area contributed by atoms with E-state index in [1.54, 1.807) is 24.3 Å². The van der Waals surface area contributed by atoms with Gasteiger partial charge in [-0.05, 0) is 36.4 Å². The van der Waals surface area contributed by atoms with Crippen molar-refractivity contribution in [2.45, 2.75) is 12.5 Å². The molecule has 1 aliphatic heterocycles. The molecule has 1 aliphatic rings. The van der Waals surface area contributed by atoms with Crippen LogP contribution in [0.15, 0.2) is 54.6 Å². The van der Waals surface area contributed by atoms with Crippen LogP contribution in [0.3, 0.4) is 0 Å². The van der Waals surface area contributed by atoms with E-state index in [9.17, 15) is 9.59 Å². The maximum atomic E-state index is 12.1. The van der Waals surface area contributed by atoms with Crippen LogP contribution in [0.2, 0.25) is 0 Å². The zero-order valence-corrected chi connectivity index (χ0v) is 14.9. The van der Waals surface area contributed by atoms with E-state index in [1.165, 1.54) is 0 Å². The molecule has 0 aliphatic carbocycles. The molecule has 3 N–H and O–H groups in total. The summed E-state index contributed by atoms with van der Waals surface area (Å²) in [7, 11) is 0. The molecular weight excluding hydrogens is 346 g/mol. The Bertz CT molecular complexity index is 750. The molecule has 7 heteroatoms. The molecule has 2 aromatic carbocycles. The van der Waals surface area contributed by atoms with Crippen molar-refractivity contribution in [2.75, 3.05) is 31.6 Å². The zero-order valence-electron chi connectivity index (χ0n) is 14.9. The number of hydrogen-bond acceptors (Lipinski definition) is 5. The number of nitrogens with one attached hydrogen (secondary N) is 3. The Hall–Kier alpha value is -3.06. The van der Waals surface area contributed by atoms with Crippen LogP contribution in [0.25, 0.3) is 0 Å². The van der Waals surface area contributed by atoms with Crippen molar-refractivity contribution >= 4 is 17.5 Å². The van der Waals surface area contributed by atoms with Crippen LogP contribution >= 0.6 is 0 Å². The summed E-state index contributed by atoms with van der Waals surface area (Å²) >= 11 is 0. The number of rotatable bonds is 8. The van der Waals surface area contributed by atoms with E-state index < -0.39 is 6.04 Å². The van der Waals surface area contributed by atoms with E-state index in [-0.39, 0.29) is 18.2 Å². The van der Waals surface area contributed by atoms with E-state index in [0.717, 1.165) is 5.75 Å². The van der Waals surface area contributed by atoms with E-state index in [4.69, 9.17) is 9.47 Å². The monoisotopic (exact) mass is 369 g/mol. The molecule has 27 heavy (non-hydrogen) atoms. The molecule has 1 saturated heterocycles. The average Bonchev–Trinajstić information content (AvgIpc) is 2.69. The summed E-state index contributed by atoms with van der Waals surface area (Å²) in [4.78, 5) is 23.7. The molecular formula is C20H23N3O4. The first kappa shape index (κ1) is 18.7. The fourth-order valence-corrected chi connectivity index (χ4v) is 2.68. The Morgan fingerprint density at radius 3 is 2.30 bits per heavy atom. The van der Waals surface area contributed by atoms with Crippen molar-refractivity contribution in [2.24, 2.45) is 0 Å². The van der Waals surface area contributed by atoms with Gasteiger partial charge in [-0.25, -0.2) is 0 Å². The second-order valence-corrected chi connectivity index (χ2v) is 6.08. The number of piperazine rings is 1. The first-order valence-corrected chi connectivity index (χ1v) is 8.92. The summed E-state index contributed by atoms with van der Waals surface area (Å²) in [5.74, 6) is 1.14. The normalized spacial score (nSPS) is 16.3. The van der Waals surface area contributed by atoms with Gasteiger partial charge in [-0.1, -0.05) is 18.2 Å². The number of para-hydroxylation sites is 1. The first-order chi connectivity index (χ1) is 13.2. The predicted molar refractivity (Wildman–Crippen MR) is 102 cm³/mol. The molecule has 0 saturated carbocycles. The lowest BCUT2D eigenvalue weighted by Gasteiger charge is -2.22. The summed E-state index contributed by atoms with van der Waals surface area (Å²) in [5.41, 5.74) is 0.657. The highest BCUT2D eigenvalue weighted by Gasteiger charge is 2.23. The van der Waals surface area contributed by atoms with Crippen molar-refractivity contribution in [3.63, 3.8) is 0 Å². The third kappa shape index (κ3) is 6.00. The lowest BCUT2D eigenvalue weighted by atomic mass is 10.1. The van der Waals surface area contributed by atoms with Gasteiger partial charge in [-0.3, -0.25) is 9.59 Å². The summed E-state index contributed by atoms with van der Waals surface area (Å²) in [6.45, 7) is 2.13. The van der Waals surface area contributed by atoms with E-state index in [2.05, 4.69) is 16.0 Å². The third-order valence-electron chi connectivity index (χ3n) is 4.02. The van der Waals surface area contributed by atoms with E-state index >= 15 is 0 Å². The maximum absolute atomic E-state index is 12.1.